The van der Waals surface area contributed by atoms with E-state index in [1.165, 1.54) is 0 Å². The monoisotopic (exact) mass is 384 g/mol. The zero-order valence-corrected chi connectivity index (χ0v) is 15.2. The minimum absolute atomic E-state index is 0.302. The first-order chi connectivity index (χ1) is 7.68. The third-order valence-electron chi connectivity index (χ3n) is 4.76. The Morgan fingerprint density at radius 1 is 0.882 bits per heavy atom. The highest BCUT2D eigenvalue weighted by Crippen LogP contribution is 2.80. The normalized spacial score (nSPS) is 42.5. The van der Waals surface area contributed by atoms with Crippen molar-refractivity contribution in [3.63, 3.8) is 0 Å². The van der Waals surface area contributed by atoms with Crippen LogP contribution in [0.25, 0.3) is 0 Å². The van der Waals surface area contributed by atoms with Crippen molar-refractivity contribution < 1.29 is 0 Å². The Bertz CT molecular complexity index is 370. The molecule has 0 unspecified atom stereocenters. The van der Waals surface area contributed by atoms with Crippen LogP contribution in [-0.2, 0) is 0 Å². The van der Waals surface area contributed by atoms with E-state index in [0.717, 1.165) is 12.8 Å². The molecule has 0 aromatic rings. The quantitative estimate of drug-likeness (QED) is 0.337. The van der Waals surface area contributed by atoms with Gasteiger partial charge in [-0.2, -0.15) is 0 Å². The number of halogens is 6. The van der Waals surface area contributed by atoms with Crippen molar-refractivity contribution in [1.82, 2.24) is 0 Å². The van der Waals surface area contributed by atoms with E-state index in [2.05, 4.69) is 12.2 Å². The van der Waals surface area contributed by atoms with Crippen molar-refractivity contribution in [1.29, 1.82) is 0 Å². The molecule has 0 radical (unpaired) electrons. The van der Waals surface area contributed by atoms with Crippen LogP contribution in [0.5, 0.6) is 0 Å². The number of hydrogen-bond acceptors (Lipinski definition) is 0. The summed E-state index contributed by atoms with van der Waals surface area (Å²) in [6.45, 7) is 0. The van der Waals surface area contributed by atoms with Gasteiger partial charge >= 0.3 is 12.0 Å². The predicted octanol–water partition coefficient (Wildman–Crippen LogP) is 5.42. The molecule has 3 aliphatic rings. The molecule has 3 rings (SSSR count). The van der Waals surface area contributed by atoms with Crippen LogP contribution < -0.4 is 0 Å². The Balaban J connectivity index is 2.03. The van der Waals surface area contributed by atoms with E-state index in [4.69, 9.17) is 66.5 Å². The van der Waals surface area contributed by atoms with Gasteiger partial charge in [-0.25, -0.2) is 0 Å². The third kappa shape index (κ3) is 1.68. The Kier molecular flexibility index (Phi) is 3.24. The minimum Gasteiger partial charge on any atom is -0.126 e. The maximum Gasteiger partial charge on any atom is 0.348 e. The zero-order valence-electron chi connectivity index (χ0n) is 8.65. The molecule has 0 N–H and O–H groups in total. The summed E-state index contributed by atoms with van der Waals surface area (Å²) in [5, 5.41) is 0. The summed E-state index contributed by atoms with van der Waals surface area (Å²) in [4.78, 5) is 0. The smallest absolute Gasteiger partial charge is 0.126 e. The molecule has 0 spiro atoms. The first kappa shape index (κ1) is 13.9. The second-order valence-electron chi connectivity index (χ2n) is 5.31. The van der Waals surface area contributed by atoms with Crippen LogP contribution in [0, 0.1) is 23.7 Å². The minimum atomic E-state index is -3.03. The van der Waals surface area contributed by atoms with Crippen molar-refractivity contribution >= 4 is 78.5 Å². The van der Waals surface area contributed by atoms with Crippen LogP contribution in [0.2, 0.25) is 4.66 Å². The van der Waals surface area contributed by atoms with E-state index in [1.807, 2.05) is 0 Å². The van der Waals surface area contributed by atoms with E-state index >= 15 is 0 Å². The summed E-state index contributed by atoms with van der Waals surface area (Å²) in [5.74, 6) is 1.97. The Hall–Kier alpha value is 1.91. The summed E-state index contributed by atoms with van der Waals surface area (Å²) in [7, 11) is 0. The maximum absolute atomic E-state index is 6.31. The lowest BCUT2D eigenvalue weighted by Crippen LogP contribution is -2.62. The highest BCUT2D eigenvalue weighted by Gasteiger charge is 2.78. The molecule has 2 fully saturated rings. The molecular weight excluding hydrogens is 377 g/mol. The van der Waals surface area contributed by atoms with Gasteiger partial charge in [-0.3, -0.25) is 0 Å². The van der Waals surface area contributed by atoms with Crippen molar-refractivity contribution in [2.24, 2.45) is 23.7 Å². The summed E-state index contributed by atoms with van der Waals surface area (Å²) in [6.07, 6.45) is 6.47. The molecule has 0 aromatic carbocycles. The van der Waals surface area contributed by atoms with Gasteiger partial charge in [0.1, 0.15) is 0 Å². The molecule has 0 aliphatic heterocycles. The second-order valence-corrected chi connectivity index (χ2v) is 23.3. The Labute approximate surface area is 131 Å². The fraction of sp³-hybridized carbons (Fsp3) is 0.778. The van der Waals surface area contributed by atoms with Gasteiger partial charge < -0.3 is 0 Å². The lowest BCUT2D eigenvalue weighted by Gasteiger charge is -2.60. The lowest BCUT2D eigenvalue weighted by molar-refractivity contribution is 0.130. The van der Waals surface area contributed by atoms with Gasteiger partial charge in [0.25, 0.3) is 0 Å². The largest absolute Gasteiger partial charge is 0.348 e. The fourth-order valence-corrected chi connectivity index (χ4v) is 23.1. The van der Waals surface area contributed by atoms with E-state index in [-0.39, 0.29) is 0 Å². The SMILES string of the molecule is Cl[Si](Cl)(Cl)C1([Si](Cl)(Cl)Cl)C[C@@H]2[C@H]1[C@H]1C=C[C@@H]2C1. The average molecular weight is 387 g/mol. The van der Waals surface area contributed by atoms with Crippen molar-refractivity contribution in [2.45, 2.75) is 17.5 Å². The summed E-state index contributed by atoms with van der Waals surface area (Å²) >= 11 is 37.8. The molecule has 0 heterocycles. The van der Waals surface area contributed by atoms with Crippen LogP contribution >= 0.6 is 66.5 Å². The van der Waals surface area contributed by atoms with Gasteiger partial charge in [-0.1, -0.05) is 12.2 Å². The molecule has 0 saturated heterocycles. The second kappa shape index (κ2) is 3.97. The van der Waals surface area contributed by atoms with Crippen molar-refractivity contribution in [2.75, 3.05) is 0 Å². The van der Waals surface area contributed by atoms with Gasteiger partial charge in [-0.15, -0.1) is 66.5 Å². The highest BCUT2D eigenvalue weighted by atomic mass is 35.8. The molecule has 2 saturated carbocycles. The molecule has 0 amide bonds. The average Bonchev–Trinajstić information content (AvgIpc) is 2.53. The first-order valence-corrected chi connectivity index (χ1v) is 15.6. The molecule has 0 nitrogen and oxygen atoms in total. The fourth-order valence-electron chi connectivity index (χ4n) is 4.05. The van der Waals surface area contributed by atoms with E-state index in [0.29, 0.717) is 23.7 Å². The number of rotatable bonds is 2. The van der Waals surface area contributed by atoms with Gasteiger partial charge in [-0.05, 0) is 36.5 Å². The zero-order chi connectivity index (χ0) is 12.6. The summed E-state index contributed by atoms with van der Waals surface area (Å²) in [6, 6.07) is -6.07. The van der Waals surface area contributed by atoms with E-state index in [9.17, 15) is 0 Å². The highest BCUT2D eigenvalue weighted by molar-refractivity contribution is 7.76. The van der Waals surface area contributed by atoms with Gasteiger partial charge in [0.2, 0.25) is 0 Å². The van der Waals surface area contributed by atoms with Crippen LogP contribution in [0.3, 0.4) is 0 Å². The van der Waals surface area contributed by atoms with Crippen molar-refractivity contribution in [3.05, 3.63) is 12.2 Å². The van der Waals surface area contributed by atoms with Crippen LogP contribution in [0.4, 0.5) is 0 Å². The maximum atomic E-state index is 6.31. The molecular formula is C9H10Cl6Si2. The first-order valence-electron chi connectivity index (χ1n) is 5.50. The van der Waals surface area contributed by atoms with Crippen LogP contribution in [0.15, 0.2) is 12.2 Å². The van der Waals surface area contributed by atoms with Crippen LogP contribution in [0.1, 0.15) is 12.8 Å². The Morgan fingerprint density at radius 2 is 1.41 bits per heavy atom. The molecule has 4 atom stereocenters. The summed E-state index contributed by atoms with van der Waals surface area (Å²) < 4.78 is -0.579. The van der Waals surface area contributed by atoms with Crippen LogP contribution in [-0.4, -0.2) is 12.0 Å². The molecule has 2 bridgehead atoms. The molecule has 8 heteroatoms. The molecule has 17 heavy (non-hydrogen) atoms. The number of fused-ring (bicyclic) bond motifs is 5. The lowest BCUT2D eigenvalue weighted by atomic mass is 9.66. The van der Waals surface area contributed by atoms with E-state index in [1.54, 1.807) is 0 Å². The number of allylic oxidation sites excluding steroid dienone is 2. The summed E-state index contributed by atoms with van der Waals surface area (Å²) in [5.41, 5.74) is 0. The van der Waals surface area contributed by atoms with Gasteiger partial charge in [0.05, 0.1) is 0 Å². The van der Waals surface area contributed by atoms with Gasteiger partial charge in [0, 0.05) is 4.66 Å². The third-order valence-corrected chi connectivity index (χ3v) is 19.0. The predicted molar refractivity (Wildman–Crippen MR) is 81.7 cm³/mol. The molecule has 3 aliphatic carbocycles. The molecule has 0 aromatic heterocycles. The standard InChI is InChI=1S/C9H10Cl6Si2/c10-16(11,12)9(17(13,14)15)4-7-5-1-2-6(3-5)8(7)9/h1-2,5-8H,3-4H2/t5-,6+,7+,8-/m1/s1. The Morgan fingerprint density at radius 3 is 1.88 bits per heavy atom. The van der Waals surface area contributed by atoms with E-state index < -0.39 is 16.7 Å². The number of hydrogen-bond donors (Lipinski definition) is 0. The van der Waals surface area contributed by atoms with Crippen molar-refractivity contribution in [3.8, 4) is 0 Å². The van der Waals surface area contributed by atoms with Gasteiger partial charge in [0.15, 0.2) is 0 Å². The topological polar surface area (TPSA) is 0 Å². The molecule has 96 valence electrons.